The maximum Gasteiger partial charge on any atom is 0.130 e. The molecule has 0 unspecified atom stereocenters. The van der Waals surface area contributed by atoms with Crippen molar-refractivity contribution in [2.24, 2.45) is 4.99 Å². The third kappa shape index (κ3) is 2.39. The van der Waals surface area contributed by atoms with Crippen molar-refractivity contribution in [1.82, 2.24) is 4.98 Å². The van der Waals surface area contributed by atoms with Crippen molar-refractivity contribution in [3.63, 3.8) is 0 Å². The summed E-state index contributed by atoms with van der Waals surface area (Å²) < 4.78 is 0. The number of nitrogens with zero attached hydrogens (tertiary/aromatic N) is 3. The summed E-state index contributed by atoms with van der Waals surface area (Å²) in [6.45, 7) is 5.33. The molecular weight excluding hydrogens is 256 g/mol. The van der Waals surface area contributed by atoms with E-state index in [1.54, 1.807) is 6.20 Å². The van der Waals surface area contributed by atoms with Gasteiger partial charge in [-0.15, -0.1) is 11.3 Å². The molecule has 2 rings (SSSR count). The van der Waals surface area contributed by atoms with Crippen molar-refractivity contribution in [2.75, 3.05) is 5.73 Å². The van der Waals surface area contributed by atoms with Gasteiger partial charge in [0.25, 0.3) is 0 Å². The predicted octanol–water partition coefficient (Wildman–Crippen LogP) is 3.37. The average Bonchev–Trinajstić information content (AvgIpc) is 2.76. The monoisotopic (exact) mass is 268 g/mol. The van der Waals surface area contributed by atoms with Gasteiger partial charge < -0.3 is 5.73 Å². The number of allylic oxidation sites excluding steroid dienone is 3. The lowest BCUT2D eigenvalue weighted by Gasteiger charge is -2.01. The number of anilines is 1. The first-order valence-corrected chi connectivity index (χ1v) is 6.41. The molecule has 0 aliphatic rings. The van der Waals surface area contributed by atoms with Crippen LogP contribution < -0.4 is 5.73 Å². The first-order chi connectivity index (χ1) is 9.21. The Bertz CT molecular complexity index is 732. The minimum Gasteiger partial charge on any atom is -0.396 e. The summed E-state index contributed by atoms with van der Waals surface area (Å²) in [7, 11) is 0. The van der Waals surface area contributed by atoms with E-state index >= 15 is 0 Å². The van der Waals surface area contributed by atoms with Crippen LogP contribution in [-0.2, 0) is 0 Å². The second-order valence-corrected chi connectivity index (χ2v) is 4.75. The zero-order valence-corrected chi connectivity index (χ0v) is 11.2. The Morgan fingerprint density at radius 1 is 1.58 bits per heavy atom. The Balaban J connectivity index is 2.56. The number of rotatable bonds is 3. The van der Waals surface area contributed by atoms with Crippen molar-refractivity contribution in [3.05, 3.63) is 41.1 Å². The molecule has 94 valence electrons. The molecule has 0 fully saturated rings. The molecule has 2 aromatic heterocycles. The SMILES string of the molecule is C=N/C=C\C(=C/C)c1ccc2c(N)c(C#N)sc2n1. The van der Waals surface area contributed by atoms with Crippen molar-refractivity contribution in [3.8, 4) is 6.07 Å². The first-order valence-electron chi connectivity index (χ1n) is 5.59. The van der Waals surface area contributed by atoms with Crippen molar-refractivity contribution in [2.45, 2.75) is 6.92 Å². The largest absolute Gasteiger partial charge is 0.396 e. The standard InChI is InChI=1S/C14H12N4S/c1-3-9(6-7-17-2)11-5-4-10-13(16)12(8-15)19-14(10)18-11/h3-7H,2,16H2,1H3/b7-6-,9-3+. The number of nitriles is 1. The van der Waals surface area contributed by atoms with Gasteiger partial charge in [0, 0.05) is 11.6 Å². The highest BCUT2D eigenvalue weighted by atomic mass is 32.1. The molecular formula is C14H12N4S. The minimum atomic E-state index is 0.505. The maximum absolute atomic E-state index is 8.97. The molecule has 0 spiro atoms. The van der Waals surface area contributed by atoms with E-state index in [2.05, 4.69) is 22.8 Å². The molecule has 0 aliphatic heterocycles. The number of thiophene rings is 1. The van der Waals surface area contributed by atoms with Crippen molar-refractivity contribution >= 4 is 39.5 Å². The zero-order valence-electron chi connectivity index (χ0n) is 10.4. The van der Waals surface area contributed by atoms with E-state index in [9.17, 15) is 0 Å². The van der Waals surface area contributed by atoms with Gasteiger partial charge >= 0.3 is 0 Å². The van der Waals surface area contributed by atoms with E-state index in [0.717, 1.165) is 21.5 Å². The molecule has 2 N–H and O–H groups in total. The van der Waals surface area contributed by atoms with Crippen LogP contribution in [0.25, 0.3) is 15.8 Å². The van der Waals surface area contributed by atoms with Crippen LogP contribution in [0.4, 0.5) is 5.69 Å². The molecule has 0 amide bonds. The van der Waals surface area contributed by atoms with Crippen LogP contribution in [0, 0.1) is 11.3 Å². The number of aliphatic imine (C=N–C) groups is 1. The summed E-state index contributed by atoms with van der Waals surface area (Å²) in [4.78, 5) is 9.49. The minimum absolute atomic E-state index is 0.505. The summed E-state index contributed by atoms with van der Waals surface area (Å²) in [5.74, 6) is 0. The molecule has 0 aliphatic carbocycles. The number of pyridine rings is 1. The summed E-state index contributed by atoms with van der Waals surface area (Å²) in [6, 6.07) is 5.86. The lowest BCUT2D eigenvalue weighted by atomic mass is 10.1. The number of fused-ring (bicyclic) bond motifs is 1. The Morgan fingerprint density at radius 2 is 2.37 bits per heavy atom. The van der Waals surface area contributed by atoms with Crippen molar-refractivity contribution < 1.29 is 0 Å². The molecule has 19 heavy (non-hydrogen) atoms. The van der Waals surface area contributed by atoms with E-state index in [0.29, 0.717) is 10.6 Å². The van der Waals surface area contributed by atoms with E-state index in [-0.39, 0.29) is 0 Å². The van der Waals surface area contributed by atoms with Crippen LogP contribution in [0.15, 0.2) is 35.5 Å². The third-order valence-electron chi connectivity index (χ3n) is 2.66. The molecule has 0 radical (unpaired) electrons. The number of hydrogen-bond acceptors (Lipinski definition) is 5. The van der Waals surface area contributed by atoms with Crippen LogP contribution in [0.3, 0.4) is 0 Å². The van der Waals surface area contributed by atoms with Gasteiger partial charge in [0.1, 0.15) is 15.8 Å². The highest BCUT2D eigenvalue weighted by Gasteiger charge is 2.11. The molecule has 4 nitrogen and oxygen atoms in total. The highest BCUT2D eigenvalue weighted by molar-refractivity contribution is 7.19. The summed E-state index contributed by atoms with van der Waals surface area (Å²) in [5, 5.41) is 9.80. The number of nitrogen functional groups attached to an aromatic ring is 1. The second kappa shape index (κ2) is 5.46. The first kappa shape index (κ1) is 13.0. The molecule has 2 aromatic rings. The summed E-state index contributed by atoms with van der Waals surface area (Å²) in [6.07, 6.45) is 5.39. The van der Waals surface area contributed by atoms with Gasteiger partial charge in [-0.25, -0.2) is 4.98 Å². The van der Waals surface area contributed by atoms with Crippen LogP contribution in [0.5, 0.6) is 0 Å². The fraction of sp³-hybridized carbons (Fsp3) is 0.0714. The van der Waals surface area contributed by atoms with Gasteiger partial charge in [-0.1, -0.05) is 6.08 Å². The highest BCUT2D eigenvalue weighted by Crippen LogP contribution is 2.32. The van der Waals surface area contributed by atoms with E-state index in [1.165, 1.54) is 11.3 Å². The molecule has 0 atom stereocenters. The maximum atomic E-state index is 8.97. The normalized spacial score (nSPS) is 11.9. The van der Waals surface area contributed by atoms with Gasteiger partial charge in [-0.2, -0.15) is 5.26 Å². The van der Waals surface area contributed by atoms with Gasteiger partial charge in [0.2, 0.25) is 0 Å². The number of hydrogen-bond donors (Lipinski definition) is 1. The topological polar surface area (TPSA) is 75.1 Å². The fourth-order valence-corrected chi connectivity index (χ4v) is 2.59. The number of aromatic nitrogens is 1. The van der Waals surface area contributed by atoms with E-state index < -0.39 is 0 Å². The lowest BCUT2D eigenvalue weighted by molar-refractivity contribution is 1.37. The van der Waals surface area contributed by atoms with E-state index in [1.807, 2.05) is 31.2 Å². The lowest BCUT2D eigenvalue weighted by Crippen LogP contribution is -1.88. The smallest absolute Gasteiger partial charge is 0.130 e. The van der Waals surface area contributed by atoms with Crippen LogP contribution in [0.2, 0.25) is 0 Å². The fourth-order valence-electron chi connectivity index (χ4n) is 1.70. The molecule has 5 heteroatoms. The molecule has 0 bridgehead atoms. The predicted molar refractivity (Wildman–Crippen MR) is 81.1 cm³/mol. The van der Waals surface area contributed by atoms with Crippen LogP contribution >= 0.6 is 11.3 Å². The summed E-state index contributed by atoms with van der Waals surface area (Å²) in [5.41, 5.74) is 8.16. The Hall–Kier alpha value is -2.45. The van der Waals surface area contributed by atoms with Gasteiger partial charge in [0.05, 0.1) is 11.4 Å². The molecule has 2 heterocycles. The molecule has 0 saturated heterocycles. The summed E-state index contributed by atoms with van der Waals surface area (Å²) >= 11 is 1.31. The van der Waals surface area contributed by atoms with E-state index in [4.69, 9.17) is 11.0 Å². The second-order valence-electron chi connectivity index (χ2n) is 3.75. The van der Waals surface area contributed by atoms with Gasteiger partial charge in [-0.3, -0.25) is 4.99 Å². The quantitative estimate of drug-likeness (QED) is 0.685. The average molecular weight is 268 g/mol. The van der Waals surface area contributed by atoms with Crippen LogP contribution in [-0.4, -0.2) is 11.7 Å². The Kier molecular flexibility index (Phi) is 3.74. The zero-order chi connectivity index (χ0) is 13.8. The molecule has 0 saturated carbocycles. The third-order valence-corrected chi connectivity index (χ3v) is 3.68. The van der Waals surface area contributed by atoms with Crippen LogP contribution in [0.1, 0.15) is 17.5 Å². The van der Waals surface area contributed by atoms with Crippen molar-refractivity contribution in [1.29, 1.82) is 5.26 Å². The molecule has 0 aromatic carbocycles. The van der Waals surface area contributed by atoms with Gasteiger partial charge in [-0.05, 0) is 37.4 Å². The van der Waals surface area contributed by atoms with Gasteiger partial charge in [0.15, 0.2) is 0 Å². The number of nitrogens with two attached hydrogens (primary N) is 1. The Morgan fingerprint density at radius 3 is 3.00 bits per heavy atom. The Labute approximate surface area is 115 Å².